The number of rotatable bonds is 5. The van der Waals surface area contributed by atoms with Crippen LogP contribution in [-0.4, -0.2) is 31.2 Å². The van der Waals surface area contributed by atoms with Gasteiger partial charge in [-0.1, -0.05) is 12.1 Å². The quantitative estimate of drug-likeness (QED) is 0.754. The number of halogens is 1. The summed E-state index contributed by atoms with van der Waals surface area (Å²) in [7, 11) is 1.87. The average molecular weight is 328 g/mol. The van der Waals surface area contributed by atoms with Gasteiger partial charge in [-0.05, 0) is 36.4 Å². The molecule has 2 aromatic carbocycles. The fraction of sp³-hybridized carbons (Fsp3) is 0.167. The Morgan fingerprint density at radius 3 is 2.67 bits per heavy atom. The van der Waals surface area contributed by atoms with E-state index in [9.17, 15) is 9.18 Å². The van der Waals surface area contributed by atoms with Crippen molar-refractivity contribution in [1.82, 2.24) is 0 Å². The maximum Gasteiger partial charge on any atom is 0.291 e. The predicted molar refractivity (Wildman–Crippen MR) is 90.9 cm³/mol. The van der Waals surface area contributed by atoms with Crippen LogP contribution in [-0.2, 0) is 0 Å². The van der Waals surface area contributed by atoms with Crippen molar-refractivity contribution in [3.63, 3.8) is 0 Å². The van der Waals surface area contributed by atoms with Gasteiger partial charge in [-0.2, -0.15) is 0 Å². The number of hydrogen-bond acceptors (Lipinski definition) is 4. The molecule has 0 atom stereocenters. The molecule has 0 unspecified atom stereocenters. The molecule has 1 heterocycles. The number of amides is 1. The van der Waals surface area contributed by atoms with E-state index in [0.717, 1.165) is 5.69 Å². The summed E-state index contributed by atoms with van der Waals surface area (Å²) in [6.45, 7) is 0.591. The SMILES string of the molecule is CN(CCO)c1ccc(NC(=O)c2cc3cccc(F)c3o2)cc1. The zero-order valence-corrected chi connectivity index (χ0v) is 13.1. The van der Waals surface area contributed by atoms with Crippen molar-refractivity contribution >= 4 is 28.3 Å². The number of hydrogen-bond donors (Lipinski definition) is 2. The van der Waals surface area contributed by atoms with Crippen LogP contribution in [0.1, 0.15) is 10.6 Å². The van der Waals surface area contributed by atoms with Crippen molar-refractivity contribution in [2.75, 3.05) is 30.4 Å². The summed E-state index contributed by atoms with van der Waals surface area (Å²) in [5.41, 5.74) is 1.60. The van der Waals surface area contributed by atoms with Gasteiger partial charge in [0.25, 0.3) is 5.91 Å². The van der Waals surface area contributed by atoms with Crippen molar-refractivity contribution in [2.24, 2.45) is 0 Å². The molecule has 0 aliphatic rings. The maximum absolute atomic E-state index is 13.6. The van der Waals surface area contributed by atoms with E-state index in [4.69, 9.17) is 9.52 Å². The van der Waals surface area contributed by atoms with Crippen LogP contribution >= 0.6 is 0 Å². The van der Waals surface area contributed by atoms with Gasteiger partial charge in [-0.25, -0.2) is 4.39 Å². The second-order valence-electron chi connectivity index (χ2n) is 5.41. The number of aliphatic hydroxyl groups is 1. The first-order chi connectivity index (χ1) is 11.6. The van der Waals surface area contributed by atoms with Crippen LogP contribution < -0.4 is 10.2 Å². The Balaban J connectivity index is 1.75. The lowest BCUT2D eigenvalue weighted by Gasteiger charge is -2.18. The molecule has 0 aliphatic heterocycles. The Labute approximate surface area is 138 Å². The number of carbonyl (C=O) groups is 1. The highest BCUT2D eigenvalue weighted by Crippen LogP contribution is 2.23. The first-order valence-corrected chi connectivity index (χ1v) is 7.50. The first kappa shape index (κ1) is 16.0. The van der Waals surface area contributed by atoms with Crippen LogP contribution in [0.15, 0.2) is 52.9 Å². The molecule has 3 rings (SSSR count). The maximum atomic E-state index is 13.6. The number of nitrogens with one attached hydrogen (secondary N) is 1. The standard InChI is InChI=1S/C18H17FN2O3/c1-21(9-10-22)14-7-5-13(6-8-14)20-18(23)16-11-12-3-2-4-15(19)17(12)24-16/h2-8,11,22H,9-10H2,1H3,(H,20,23). The van der Waals surface area contributed by atoms with Gasteiger partial charge in [0.2, 0.25) is 0 Å². The van der Waals surface area contributed by atoms with Crippen LogP contribution in [0.4, 0.5) is 15.8 Å². The third-order valence-electron chi connectivity index (χ3n) is 3.72. The summed E-state index contributed by atoms with van der Waals surface area (Å²) in [5, 5.41) is 12.2. The van der Waals surface area contributed by atoms with E-state index >= 15 is 0 Å². The minimum Gasteiger partial charge on any atom is -0.448 e. The zero-order chi connectivity index (χ0) is 17.1. The molecule has 124 valence electrons. The molecule has 0 fully saturated rings. The van der Waals surface area contributed by atoms with Gasteiger partial charge < -0.3 is 19.7 Å². The second kappa shape index (κ2) is 6.72. The van der Waals surface area contributed by atoms with Crippen LogP contribution in [0.25, 0.3) is 11.0 Å². The van der Waals surface area contributed by atoms with Crippen molar-refractivity contribution in [3.05, 3.63) is 60.1 Å². The topological polar surface area (TPSA) is 65.7 Å². The zero-order valence-electron chi connectivity index (χ0n) is 13.1. The molecule has 5 nitrogen and oxygen atoms in total. The number of benzene rings is 2. The highest BCUT2D eigenvalue weighted by Gasteiger charge is 2.14. The summed E-state index contributed by atoms with van der Waals surface area (Å²) in [6, 6.07) is 13.2. The molecular weight excluding hydrogens is 311 g/mol. The Bertz CT molecular complexity index is 858. The summed E-state index contributed by atoms with van der Waals surface area (Å²) in [5.74, 6) is -0.888. The molecule has 6 heteroatoms. The van der Waals surface area contributed by atoms with Gasteiger partial charge in [0.15, 0.2) is 17.2 Å². The fourth-order valence-electron chi connectivity index (χ4n) is 2.41. The van der Waals surface area contributed by atoms with Gasteiger partial charge in [0.05, 0.1) is 6.61 Å². The monoisotopic (exact) mass is 328 g/mol. The van der Waals surface area contributed by atoms with Gasteiger partial charge in [0, 0.05) is 30.4 Å². The molecule has 0 saturated heterocycles. The Morgan fingerprint density at radius 2 is 2.00 bits per heavy atom. The number of fused-ring (bicyclic) bond motifs is 1. The lowest BCUT2D eigenvalue weighted by Crippen LogP contribution is -2.21. The van der Waals surface area contributed by atoms with Crippen molar-refractivity contribution < 1.29 is 18.7 Å². The van der Waals surface area contributed by atoms with Gasteiger partial charge in [0.1, 0.15) is 0 Å². The van der Waals surface area contributed by atoms with E-state index in [0.29, 0.717) is 17.6 Å². The smallest absolute Gasteiger partial charge is 0.291 e. The number of carbonyl (C=O) groups excluding carboxylic acids is 1. The third-order valence-corrected chi connectivity index (χ3v) is 3.72. The molecule has 2 N–H and O–H groups in total. The van der Waals surface area contributed by atoms with E-state index in [1.807, 2.05) is 24.1 Å². The Kier molecular flexibility index (Phi) is 4.48. The van der Waals surface area contributed by atoms with Crippen molar-refractivity contribution in [2.45, 2.75) is 0 Å². The number of anilines is 2. The molecular formula is C18H17FN2O3. The lowest BCUT2D eigenvalue weighted by molar-refractivity contribution is 0.0998. The van der Waals surface area contributed by atoms with Crippen LogP contribution in [0.5, 0.6) is 0 Å². The van der Waals surface area contributed by atoms with Gasteiger partial charge >= 0.3 is 0 Å². The summed E-state index contributed by atoms with van der Waals surface area (Å²) in [4.78, 5) is 14.1. The van der Waals surface area contributed by atoms with Gasteiger partial charge in [-0.15, -0.1) is 0 Å². The van der Waals surface area contributed by atoms with E-state index < -0.39 is 11.7 Å². The Hall–Kier alpha value is -2.86. The highest BCUT2D eigenvalue weighted by atomic mass is 19.1. The normalized spacial score (nSPS) is 10.8. The molecule has 0 radical (unpaired) electrons. The first-order valence-electron chi connectivity index (χ1n) is 7.50. The number of nitrogens with zero attached hydrogens (tertiary/aromatic N) is 1. The molecule has 3 aromatic rings. The predicted octanol–water partition coefficient (Wildman–Crippen LogP) is 3.25. The van der Waals surface area contributed by atoms with Crippen LogP contribution in [0.2, 0.25) is 0 Å². The molecule has 1 aromatic heterocycles. The highest BCUT2D eigenvalue weighted by molar-refractivity contribution is 6.04. The third kappa shape index (κ3) is 3.23. The lowest BCUT2D eigenvalue weighted by atomic mass is 10.2. The van der Waals surface area contributed by atoms with Crippen molar-refractivity contribution in [3.8, 4) is 0 Å². The number of furan rings is 1. The summed E-state index contributed by atoms with van der Waals surface area (Å²) < 4.78 is 18.9. The van der Waals surface area contributed by atoms with Crippen molar-refractivity contribution in [1.29, 1.82) is 0 Å². The van der Waals surface area contributed by atoms with Crippen LogP contribution in [0, 0.1) is 5.82 Å². The van der Waals surface area contributed by atoms with E-state index in [1.54, 1.807) is 24.3 Å². The molecule has 0 spiro atoms. The number of aliphatic hydroxyl groups excluding tert-OH is 1. The van der Waals surface area contributed by atoms with Gasteiger partial charge in [-0.3, -0.25) is 4.79 Å². The molecule has 0 bridgehead atoms. The fourth-order valence-corrected chi connectivity index (χ4v) is 2.41. The van der Waals surface area contributed by atoms with Crippen LogP contribution in [0.3, 0.4) is 0 Å². The largest absolute Gasteiger partial charge is 0.448 e. The molecule has 0 saturated carbocycles. The average Bonchev–Trinajstić information content (AvgIpc) is 3.01. The number of likely N-dealkylation sites (N-methyl/N-ethyl adjacent to an activating group) is 1. The minimum atomic E-state index is -0.497. The Morgan fingerprint density at radius 1 is 1.25 bits per heavy atom. The van der Waals surface area contributed by atoms with E-state index in [2.05, 4.69) is 5.32 Å². The summed E-state index contributed by atoms with van der Waals surface area (Å²) in [6.07, 6.45) is 0. The molecule has 1 amide bonds. The summed E-state index contributed by atoms with van der Waals surface area (Å²) >= 11 is 0. The van der Waals surface area contributed by atoms with E-state index in [1.165, 1.54) is 12.1 Å². The van der Waals surface area contributed by atoms with E-state index in [-0.39, 0.29) is 18.0 Å². The number of para-hydroxylation sites is 1. The minimum absolute atomic E-state index is 0.0524. The second-order valence-corrected chi connectivity index (χ2v) is 5.41. The molecule has 24 heavy (non-hydrogen) atoms. The molecule has 0 aliphatic carbocycles.